The van der Waals surface area contributed by atoms with Crippen LogP contribution in [-0.2, 0) is 16.0 Å². The lowest BCUT2D eigenvalue weighted by molar-refractivity contribution is -0.134. The molecule has 2 heterocycles. The normalized spacial score (nSPS) is 19.7. The van der Waals surface area contributed by atoms with Gasteiger partial charge in [-0.1, -0.05) is 0 Å². The van der Waals surface area contributed by atoms with Crippen LogP contribution in [0.5, 0.6) is 0 Å². The van der Waals surface area contributed by atoms with Crippen molar-refractivity contribution in [2.24, 2.45) is 0 Å². The summed E-state index contributed by atoms with van der Waals surface area (Å²) >= 11 is 0. The maximum atomic E-state index is 11.7. The minimum Gasteiger partial charge on any atom is -0.366 e. The number of rotatable bonds is 5. The molecule has 0 aromatic carbocycles. The summed E-state index contributed by atoms with van der Waals surface area (Å²) in [6, 6.07) is 0. The summed E-state index contributed by atoms with van der Waals surface area (Å²) < 4.78 is 5.37. The minimum atomic E-state index is -0.339. The van der Waals surface area contributed by atoms with Gasteiger partial charge in [-0.05, 0) is 25.3 Å². The van der Waals surface area contributed by atoms with Crippen LogP contribution in [0.25, 0.3) is 0 Å². The highest BCUT2D eigenvalue weighted by Crippen LogP contribution is 2.05. The molecule has 0 bridgehead atoms. The van der Waals surface area contributed by atoms with Crippen molar-refractivity contribution in [1.29, 1.82) is 0 Å². The van der Waals surface area contributed by atoms with E-state index in [1.165, 1.54) is 5.56 Å². The van der Waals surface area contributed by atoms with Crippen molar-refractivity contribution < 1.29 is 9.53 Å². The van der Waals surface area contributed by atoms with Crippen molar-refractivity contribution in [1.82, 2.24) is 20.8 Å². The number of carbonyl (C=O) groups excluding carboxylic acids is 1. The predicted molar refractivity (Wildman–Crippen MR) is 67.3 cm³/mol. The molecule has 0 spiro atoms. The molecule has 1 atom stereocenters. The molecule has 1 fully saturated rings. The number of aryl methyl sites for hydroxylation is 2. The third kappa shape index (κ3) is 3.54. The molecule has 0 aliphatic carbocycles. The second-order valence-corrected chi connectivity index (χ2v) is 4.48. The number of H-pyrrole nitrogens is 1. The van der Waals surface area contributed by atoms with Gasteiger partial charge in [0.2, 0.25) is 5.91 Å². The summed E-state index contributed by atoms with van der Waals surface area (Å²) in [7, 11) is 0. The zero-order chi connectivity index (χ0) is 12.8. The van der Waals surface area contributed by atoms with Crippen molar-refractivity contribution in [3.05, 3.63) is 17.5 Å². The van der Waals surface area contributed by atoms with Gasteiger partial charge >= 0.3 is 0 Å². The second-order valence-electron chi connectivity index (χ2n) is 4.48. The fraction of sp³-hybridized carbons (Fsp3) is 0.667. The van der Waals surface area contributed by atoms with Crippen LogP contribution in [0, 0.1) is 6.92 Å². The lowest BCUT2D eigenvalue weighted by atomic mass is 10.1. The van der Waals surface area contributed by atoms with E-state index in [1.54, 1.807) is 0 Å². The third-order valence-corrected chi connectivity index (χ3v) is 3.08. The molecule has 100 valence electrons. The highest BCUT2D eigenvalue weighted by molar-refractivity contribution is 5.81. The van der Waals surface area contributed by atoms with Crippen LogP contribution in [0.3, 0.4) is 0 Å². The molecule has 1 unspecified atom stereocenters. The van der Waals surface area contributed by atoms with Crippen LogP contribution in [0.4, 0.5) is 0 Å². The number of ether oxygens (including phenoxy) is 1. The molecule has 1 amide bonds. The summed E-state index contributed by atoms with van der Waals surface area (Å²) in [6.07, 6.45) is 3.33. The summed E-state index contributed by atoms with van der Waals surface area (Å²) in [6.45, 7) is 4.70. The zero-order valence-electron chi connectivity index (χ0n) is 10.7. The number of nitrogens with zero attached hydrogens (tertiary/aromatic N) is 1. The average Bonchev–Trinajstić information content (AvgIpc) is 2.81. The molecule has 1 saturated heterocycles. The van der Waals surface area contributed by atoms with Gasteiger partial charge in [-0.2, -0.15) is 5.10 Å². The quantitative estimate of drug-likeness (QED) is 0.632. The zero-order valence-corrected chi connectivity index (χ0v) is 10.7. The van der Waals surface area contributed by atoms with Gasteiger partial charge in [0.25, 0.3) is 0 Å². The Bertz CT molecular complexity index is 385. The van der Waals surface area contributed by atoms with Crippen LogP contribution in [0.15, 0.2) is 6.20 Å². The Morgan fingerprint density at radius 1 is 1.67 bits per heavy atom. The maximum absolute atomic E-state index is 11.7. The summed E-state index contributed by atoms with van der Waals surface area (Å²) in [5.41, 5.74) is 2.31. The van der Waals surface area contributed by atoms with Crippen molar-refractivity contribution in [3.63, 3.8) is 0 Å². The van der Waals surface area contributed by atoms with E-state index in [1.807, 2.05) is 13.1 Å². The molecule has 18 heavy (non-hydrogen) atoms. The Morgan fingerprint density at radius 2 is 2.56 bits per heavy atom. The van der Waals surface area contributed by atoms with E-state index >= 15 is 0 Å². The molecule has 1 aliphatic rings. The second kappa shape index (κ2) is 6.51. The van der Waals surface area contributed by atoms with Gasteiger partial charge in [0.1, 0.15) is 6.10 Å². The van der Waals surface area contributed by atoms with Gasteiger partial charge in [0.05, 0.1) is 12.8 Å². The van der Waals surface area contributed by atoms with E-state index in [-0.39, 0.29) is 12.0 Å². The number of carbonyl (C=O) groups is 1. The van der Waals surface area contributed by atoms with Gasteiger partial charge in [-0.15, -0.1) is 0 Å². The molecule has 6 heteroatoms. The molecular formula is C12H20N4O2. The van der Waals surface area contributed by atoms with Gasteiger partial charge in [-0.25, -0.2) is 0 Å². The standard InChI is InChI=1S/C12H20N4O2/c1-9-10(7-15-16-9)3-2-4-14-12(17)11-8-13-5-6-18-11/h7,11,13H,2-6,8H2,1H3,(H,14,17)(H,15,16). The fourth-order valence-corrected chi connectivity index (χ4v) is 1.97. The molecule has 1 aliphatic heterocycles. The number of nitrogens with one attached hydrogen (secondary N) is 3. The van der Waals surface area contributed by atoms with E-state index in [4.69, 9.17) is 4.74 Å². The third-order valence-electron chi connectivity index (χ3n) is 3.08. The molecule has 1 aromatic rings. The highest BCUT2D eigenvalue weighted by Gasteiger charge is 2.20. The average molecular weight is 252 g/mol. The molecule has 0 radical (unpaired) electrons. The summed E-state index contributed by atoms with van der Waals surface area (Å²) in [5, 5.41) is 12.9. The van der Waals surface area contributed by atoms with Crippen LogP contribution >= 0.6 is 0 Å². The van der Waals surface area contributed by atoms with Crippen molar-refractivity contribution in [2.45, 2.75) is 25.9 Å². The Labute approximate surface area is 106 Å². The number of hydrogen-bond donors (Lipinski definition) is 3. The topological polar surface area (TPSA) is 79.0 Å². The van der Waals surface area contributed by atoms with E-state index in [2.05, 4.69) is 20.8 Å². The highest BCUT2D eigenvalue weighted by atomic mass is 16.5. The largest absolute Gasteiger partial charge is 0.366 e. The Morgan fingerprint density at radius 3 is 3.22 bits per heavy atom. The van der Waals surface area contributed by atoms with Crippen LogP contribution in [0.1, 0.15) is 17.7 Å². The first-order chi connectivity index (χ1) is 8.77. The first-order valence-corrected chi connectivity index (χ1v) is 6.36. The van der Waals surface area contributed by atoms with Gasteiger partial charge in [-0.3, -0.25) is 9.89 Å². The monoisotopic (exact) mass is 252 g/mol. The first-order valence-electron chi connectivity index (χ1n) is 6.36. The Balaban J connectivity index is 1.63. The first kappa shape index (κ1) is 13.0. The van der Waals surface area contributed by atoms with Crippen LogP contribution < -0.4 is 10.6 Å². The maximum Gasteiger partial charge on any atom is 0.250 e. The smallest absolute Gasteiger partial charge is 0.250 e. The SMILES string of the molecule is Cc1[nH]ncc1CCCNC(=O)C1CNCCO1. The van der Waals surface area contributed by atoms with E-state index < -0.39 is 0 Å². The van der Waals surface area contributed by atoms with E-state index in [9.17, 15) is 4.79 Å². The number of amides is 1. The number of morpholine rings is 1. The molecule has 1 aromatic heterocycles. The van der Waals surface area contributed by atoms with Crippen molar-refractivity contribution >= 4 is 5.91 Å². The van der Waals surface area contributed by atoms with Crippen molar-refractivity contribution in [3.8, 4) is 0 Å². The number of aromatic amines is 1. The molecular weight excluding hydrogens is 232 g/mol. The van der Waals surface area contributed by atoms with Gasteiger partial charge < -0.3 is 15.4 Å². The van der Waals surface area contributed by atoms with E-state index in [0.717, 1.165) is 25.1 Å². The Kier molecular flexibility index (Phi) is 4.72. The van der Waals surface area contributed by atoms with Crippen LogP contribution in [0.2, 0.25) is 0 Å². The van der Waals surface area contributed by atoms with Gasteiger partial charge in [0.15, 0.2) is 0 Å². The Hall–Kier alpha value is -1.40. The summed E-state index contributed by atoms with van der Waals surface area (Å²) in [5.74, 6) is -0.0221. The summed E-state index contributed by atoms with van der Waals surface area (Å²) in [4.78, 5) is 11.7. The van der Waals surface area contributed by atoms with Gasteiger partial charge in [0, 0.05) is 25.3 Å². The van der Waals surface area contributed by atoms with Crippen LogP contribution in [-0.4, -0.2) is 48.4 Å². The lowest BCUT2D eigenvalue weighted by Crippen LogP contribution is -2.48. The predicted octanol–water partition coefficient (Wildman–Crippen LogP) is -0.245. The van der Waals surface area contributed by atoms with Crippen molar-refractivity contribution in [2.75, 3.05) is 26.2 Å². The molecule has 2 rings (SSSR count). The lowest BCUT2D eigenvalue weighted by Gasteiger charge is -2.22. The molecule has 0 saturated carbocycles. The van der Waals surface area contributed by atoms with E-state index in [0.29, 0.717) is 19.7 Å². The number of hydrogen-bond acceptors (Lipinski definition) is 4. The molecule has 6 nitrogen and oxygen atoms in total. The molecule has 3 N–H and O–H groups in total. The number of aromatic nitrogens is 2. The fourth-order valence-electron chi connectivity index (χ4n) is 1.97. The minimum absolute atomic E-state index is 0.0221.